The normalized spacial score (nSPS) is 17.9. The van der Waals surface area contributed by atoms with Gasteiger partial charge >= 0.3 is 6.03 Å². The van der Waals surface area contributed by atoms with E-state index in [-0.39, 0.29) is 30.4 Å². The molecule has 0 aromatic carbocycles. The van der Waals surface area contributed by atoms with Gasteiger partial charge in [-0.15, -0.1) is 0 Å². The minimum Gasteiger partial charge on any atom is -0.360 e. The summed E-state index contributed by atoms with van der Waals surface area (Å²) in [6.07, 6.45) is 6.76. The molecule has 2 fully saturated rings. The van der Waals surface area contributed by atoms with Gasteiger partial charge in [-0.25, -0.2) is 4.79 Å². The van der Waals surface area contributed by atoms with Gasteiger partial charge in [0, 0.05) is 51.3 Å². The Morgan fingerprint density at radius 2 is 1.87 bits per heavy atom. The monoisotopic (exact) mass is 434 g/mol. The lowest BCUT2D eigenvalue weighted by atomic mass is 9.96. The molecule has 0 unspecified atom stereocenters. The zero-order chi connectivity index (χ0) is 22.1. The largest absolute Gasteiger partial charge is 0.360 e. The van der Waals surface area contributed by atoms with Gasteiger partial charge < -0.3 is 25.4 Å². The number of nitrogens with zero attached hydrogens (tertiary/aromatic N) is 3. The van der Waals surface area contributed by atoms with E-state index in [2.05, 4.69) is 21.1 Å². The van der Waals surface area contributed by atoms with Gasteiger partial charge in [-0.1, -0.05) is 24.4 Å². The van der Waals surface area contributed by atoms with Crippen molar-refractivity contribution in [2.45, 2.75) is 57.9 Å². The van der Waals surface area contributed by atoms with Crippen LogP contribution in [0.15, 0.2) is 10.6 Å². The number of nitrogens with one attached hydrogen (secondary N) is 3. The molecule has 0 radical (unpaired) electrons. The molecule has 1 aliphatic heterocycles. The van der Waals surface area contributed by atoms with Crippen molar-refractivity contribution in [2.24, 2.45) is 0 Å². The van der Waals surface area contributed by atoms with Gasteiger partial charge in [0.2, 0.25) is 11.8 Å². The number of carbonyl (C=O) groups excluding carboxylic acids is 3. The Kier molecular flexibility index (Phi) is 8.69. The summed E-state index contributed by atoms with van der Waals surface area (Å²) in [5, 5.41) is 12.3. The first-order chi connectivity index (χ1) is 15.0. The first-order valence-electron chi connectivity index (χ1n) is 11.3. The van der Waals surface area contributed by atoms with Gasteiger partial charge in [-0.05, 0) is 26.2 Å². The van der Waals surface area contributed by atoms with Crippen LogP contribution in [-0.2, 0) is 9.59 Å². The summed E-state index contributed by atoms with van der Waals surface area (Å²) in [5.74, 6) is 1.00. The van der Waals surface area contributed by atoms with E-state index in [4.69, 9.17) is 4.52 Å². The van der Waals surface area contributed by atoms with Crippen molar-refractivity contribution in [1.29, 1.82) is 0 Å². The van der Waals surface area contributed by atoms with Crippen molar-refractivity contribution in [3.8, 4) is 0 Å². The Hall–Kier alpha value is -2.62. The molecule has 2 aliphatic rings. The van der Waals surface area contributed by atoms with Crippen molar-refractivity contribution >= 4 is 23.7 Å². The van der Waals surface area contributed by atoms with Crippen molar-refractivity contribution in [3.05, 3.63) is 11.8 Å². The second kappa shape index (κ2) is 11.7. The molecule has 1 saturated heterocycles. The summed E-state index contributed by atoms with van der Waals surface area (Å²) in [4.78, 5) is 40.3. The summed E-state index contributed by atoms with van der Waals surface area (Å²) in [5.41, 5.74) is 0. The van der Waals surface area contributed by atoms with Crippen LogP contribution in [0.1, 0.15) is 50.7 Å². The van der Waals surface area contributed by atoms with Crippen LogP contribution >= 0.6 is 0 Å². The van der Waals surface area contributed by atoms with Crippen molar-refractivity contribution < 1.29 is 18.9 Å². The molecule has 3 N–H and O–H groups in total. The van der Waals surface area contributed by atoms with E-state index in [1.54, 1.807) is 13.0 Å². The highest BCUT2D eigenvalue weighted by atomic mass is 16.5. The van der Waals surface area contributed by atoms with Gasteiger partial charge in [0.1, 0.15) is 5.76 Å². The predicted octanol–water partition coefficient (Wildman–Crippen LogP) is 1.48. The second-order valence-corrected chi connectivity index (χ2v) is 8.37. The summed E-state index contributed by atoms with van der Waals surface area (Å²) in [6.45, 7) is 5.02. The number of aryl methyl sites for hydroxylation is 1. The molecular weight excluding hydrogens is 400 g/mol. The van der Waals surface area contributed by atoms with Gasteiger partial charge in [0.25, 0.3) is 0 Å². The molecule has 0 spiro atoms. The Morgan fingerprint density at radius 3 is 2.55 bits per heavy atom. The van der Waals surface area contributed by atoms with E-state index >= 15 is 0 Å². The minimum absolute atomic E-state index is 0.0941. The fraction of sp³-hybridized carbons (Fsp3) is 0.714. The van der Waals surface area contributed by atoms with Crippen molar-refractivity contribution in [3.63, 3.8) is 0 Å². The lowest BCUT2D eigenvalue weighted by molar-refractivity contribution is -0.133. The first kappa shape index (κ1) is 23.1. The number of amides is 4. The Balaban J connectivity index is 1.25. The number of hydrogen-bond acceptors (Lipinski definition) is 6. The Labute approximate surface area is 183 Å². The number of urea groups is 1. The molecule has 1 aromatic heterocycles. The first-order valence-corrected chi connectivity index (χ1v) is 11.3. The van der Waals surface area contributed by atoms with E-state index in [1.807, 2.05) is 9.80 Å². The van der Waals surface area contributed by atoms with E-state index in [9.17, 15) is 14.4 Å². The molecule has 1 aromatic rings. The average Bonchev–Trinajstić information content (AvgIpc) is 3.16. The molecule has 4 amide bonds. The molecule has 1 aliphatic carbocycles. The van der Waals surface area contributed by atoms with Gasteiger partial charge in [-0.2, -0.15) is 0 Å². The SMILES string of the molecule is Cc1cc(NC(=O)CN2CCN(C(=O)CCCNC(=O)NC3CCCCC3)CC2)no1. The van der Waals surface area contributed by atoms with Gasteiger partial charge in [0.05, 0.1) is 6.54 Å². The number of hydrogen-bond donors (Lipinski definition) is 3. The number of piperazine rings is 1. The fourth-order valence-corrected chi connectivity index (χ4v) is 4.05. The van der Waals surface area contributed by atoms with Crippen LogP contribution in [0, 0.1) is 6.92 Å². The van der Waals surface area contributed by atoms with Crippen LogP contribution < -0.4 is 16.0 Å². The Bertz CT molecular complexity index is 738. The molecule has 2 heterocycles. The maximum Gasteiger partial charge on any atom is 0.315 e. The van der Waals surface area contributed by atoms with E-state index in [1.165, 1.54) is 19.3 Å². The molecule has 0 bridgehead atoms. The lowest BCUT2D eigenvalue weighted by Gasteiger charge is -2.34. The smallest absolute Gasteiger partial charge is 0.315 e. The molecule has 10 heteroatoms. The topological polar surface area (TPSA) is 120 Å². The number of rotatable bonds is 8. The average molecular weight is 435 g/mol. The maximum absolute atomic E-state index is 12.4. The Morgan fingerprint density at radius 1 is 1.13 bits per heavy atom. The highest BCUT2D eigenvalue weighted by Crippen LogP contribution is 2.17. The van der Waals surface area contributed by atoms with E-state index in [0.717, 1.165) is 12.8 Å². The molecular formula is C21H34N6O4. The lowest BCUT2D eigenvalue weighted by Crippen LogP contribution is -2.50. The fourth-order valence-electron chi connectivity index (χ4n) is 4.05. The molecule has 31 heavy (non-hydrogen) atoms. The summed E-state index contributed by atoms with van der Waals surface area (Å²) < 4.78 is 4.93. The third kappa shape index (κ3) is 7.86. The highest BCUT2D eigenvalue weighted by molar-refractivity contribution is 5.91. The summed E-state index contributed by atoms with van der Waals surface area (Å²) >= 11 is 0. The molecule has 10 nitrogen and oxygen atoms in total. The van der Waals surface area contributed by atoms with Gasteiger partial charge in [-0.3, -0.25) is 14.5 Å². The highest BCUT2D eigenvalue weighted by Gasteiger charge is 2.22. The molecule has 1 saturated carbocycles. The maximum atomic E-state index is 12.4. The predicted molar refractivity (Wildman–Crippen MR) is 116 cm³/mol. The zero-order valence-electron chi connectivity index (χ0n) is 18.3. The zero-order valence-corrected chi connectivity index (χ0v) is 18.3. The van der Waals surface area contributed by atoms with Crippen molar-refractivity contribution in [1.82, 2.24) is 25.6 Å². The second-order valence-electron chi connectivity index (χ2n) is 8.37. The van der Waals surface area contributed by atoms with Crippen LogP contribution in [0.3, 0.4) is 0 Å². The third-order valence-corrected chi connectivity index (χ3v) is 5.78. The molecule has 3 rings (SSSR count). The number of anilines is 1. The number of aromatic nitrogens is 1. The molecule has 0 atom stereocenters. The van der Waals surface area contributed by atoms with Crippen LogP contribution in [0.2, 0.25) is 0 Å². The van der Waals surface area contributed by atoms with E-state index in [0.29, 0.717) is 57.1 Å². The van der Waals surface area contributed by atoms with Crippen molar-refractivity contribution in [2.75, 3.05) is 44.6 Å². The minimum atomic E-state index is -0.148. The van der Waals surface area contributed by atoms with Crippen LogP contribution in [-0.4, -0.2) is 78.1 Å². The third-order valence-electron chi connectivity index (χ3n) is 5.78. The molecule has 172 valence electrons. The summed E-state index contributed by atoms with van der Waals surface area (Å²) in [6, 6.07) is 1.82. The quantitative estimate of drug-likeness (QED) is 0.533. The number of carbonyl (C=O) groups is 3. The van der Waals surface area contributed by atoms with Crippen LogP contribution in [0.25, 0.3) is 0 Å². The van der Waals surface area contributed by atoms with E-state index < -0.39 is 0 Å². The van der Waals surface area contributed by atoms with Gasteiger partial charge in [0.15, 0.2) is 5.82 Å². The standard InChI is InChI=1S/C21H34N6O4/c1-16-14-18(25-31-16)24-19(28)15-26-10-12-27(13-11-26)20(29)8-5-9-22-21(30)23-17-6-3-2-4-7-17/h14,17H,2-13,15H2,1H3,(H2,22,23,30)(H,24,25,28). The summed E-state index contributed by atoms with van der Waals surface area (Å²) in [7, 11) is 0. The van der Waals surface area contributed by atoms with Crippen LogP contribution in [0.4, 0.5) is 10.6 Å². The van der Waals surface area contributed by atoms with Crippen LogP contribution in [0.5, 0.6) is 0 Å².